The van der Waals surface area contributed by atoms with Crippen LogP contribution in [0.15, 0.2) is 55.1 Å². The van der Waals surface area contributed by atoms with E-state index < -0.39 is 0 Å². The van der Waals surface area contributed by atoms with Gasteiger partial charge < -0.3 is 0 Å². The Kier molecular flexibility index (Phi) is 3.13. The van der Waals surface area contributed by atoms with Crippen molar-refractivity contribution in [3.05, 3.63) is 66.2 Å². The van der Waals surface area contributed by atoms with Gasteiger partial charge in [-0.05, 0) is 44.3 Å². The zero-order valence-corrected chi connectivity index (χ0v) is 13.3. The van der Waals surface area contributed by atoms with Crippen LogP contribution in [0.5, 0.6) is 0 Å². The average Bonchev–Trinajstić information content (AvgIpc) is 2.72. The maximum Gasteiger partial charge on any atom is 0.0153 e. The lowest BCUT2D eigenvalue weighted by molar-refractivity contribution is 0.714. The van der Waals surface area contributed by atoms with E-state index in [1.54, 1.807) is 0 Å². The molecule has 0 unspecified atom stereocenters. The Morgan fingerprint density at radius 3 is 2.29 bits per heavy atom. The minimum Gasteiger partial charge on any atom is -0.0943 e. The largest absolute Gasteiger partial charge is 0.0943 e. The molecule has 0 aromatic heterocycles. The molecule has 3 aromatic rings. The van der Waals surface area contributed by atoms with Crippen LogP contribution < -0.4 is 0 Å². The van der Waals surface area contributed by atoms with Gasteiger partial charge in [-0.3, -0.25) is 0 Å². The predicted molar refractivity (Wildman–Crippen MR) is 94.9 cm³/mol. The molecule has 0 N–H and O–H groups in total. The molecule has 1 aliphatic carbocycles. The van der Waals surface area contributed by atoms with Gasteiger partial charge in [-0.1, -0.05) is 76.7 Å². The van der Waals surface area contributed by atoms with Crippen LogP contribution >= 0.6 is 0 Å². The van der Waals surface area contributed by atoms with Crippen LogP contribution in [0, 0.1) is 0 Å². The summed E-state index contributed by atoms with van der Waals surface area (Å²) in [7, 11) is 0. The number of hydrogen-bond acceptors (Lipinski definition) is 0. The highest BCUT2D eigenvalue weighted by molar-refractivity contribution is 6.15. The highest BCUT2D eigenvalue weighted by Crippen LogP contribution is 2.51. The summed E-state index contributed by atoms with van der Waals surface area (Å²) in [5.74, 6) is 0. The summed E-state index contributed by atoms with van der Waals surface area (Å²) in [6.45, 7) is 13.0. The molecule has 0 saturated carbocycles. The normalized spacial score (nSPS) is 15.1. The second kappa shape index (κ2) is 4.73. The first-order chi connectivity index (χ1) is 10.1. The molecule has 0 spiro atoms. The van der Waals surface area contributed by atoms with Crippen LogP contribution in [0.25, 0.3) is 27.1 Å². The van der Waals surface area contributed by atoms with Gasteiger partial charge in [0.05, 0.1) is 0 Å². The highest BCUT2D eigenvalue weighted by atomic mass is 14.4. The van der Waals surface area contributed by atoms with Crippen molar-refractivity contribution in [2.24, 2.45) is 0 Å². The third kappa shape index (κ3) is 1.75. The third-order valence-electron chi connectivity index (χ3n) is 4.62. The summed E-state index contributed by atoms with van der Waals surface area (Å²) in [6.07, 6.45) is 0. The quantitative estimate of drug-likeness (QED) is 0.420. The maximum absolute atomic E-state index is 4.40. The molecule has 0 amide bonds. The number of rotatable bonds is 0. The van der Waals surface area contributed by atoms with Crippen LogP contribution in [-0.4, -0.2) is 0 Å². The van der Waals surface area contributed by atoms with Crippen LogP contribution in [-0.2, 0) is 5.41 Å². The molecule has 4 rings (SSSR count). The number of hydrogen-bond donors (Lipinski definition) is 0. The van der Waals surface area contributed by atoms with Gasteiger partial charge >= 0.3 is 0 Å². The summed E-state index contributed by atoms with van der Waals surface area (Å²) in [5, 5.41) is 5.37. The maximum atomic E-state index is 4.40. The summed E-state index contributed by atoms with van der Waals surface area (Å²) >= 11 is 0. The first-order valence-electron chi connectivity index (χ1n) is 7.75. The molecule has 3 aromatic carbocycles. The molecular weight excluding hydrogens is 252 g/mol. The zero-order valence-electron chi connectivity index (χ0n) is 13.3. The zero-order chi connectivity index (χ0) is 15.2. The molecule has 1 aliphatic rings. The van der Waals surface area contributed by atoms with Crippen molar-refractivity contribution in [3.8, 4) is 0 Å². The molecular formula is C21H22. The molecule has 21 heavy (non-hydrogen) atoms. The van der Waals surface area contributed by atoms with Gasteiger partial charge in [-0.2, -0.15) is 0 Å². The van der Waals surface area contributed by atoms with Gasteiger partial charge in [-0.25, -0.2) is 0 Å². The van der Waals surface area contributed by atoms with Gasteiger partial charge in [0.15, 0.2) is 0 Å². The lowest BCUT2D eigenvalue weighted by Gasteiger charge is -2.21. The fraction of sp³-hybridized carbons (Fsp3) is 0.238. The Morgan fingerprint density at radius 2 is 1.52 bits per heavy atom. The minimum absolute atomic E-state index is 0.0337. The summed E-state index contributed by atoms with van der Waals surface area (Å²) < 4.78 is 0. The van der Waals surface area contributed by atoms with Crippen molar-refractivity contribution in [3.63, 3.8) is 0 Å². The van der Waals surface area contributed by atoms with E-state index in [0.29, 0.717) is 0 Å². The third-order valence-corrected chi connectivity index (χ3v) is 4.62. The molecule has 0 bridgehead atoms. The van der Waals surface area contributed by atoms with E-state index in [4.69, 9.17) is 0 Å². The lowest BCUT2D eigenvalue weighted by atomic mass is 9.82. The molecule has 0 aliphatic heterocycles. The standard InChI is InChI=1S/C19H16.C2H6/c1-12-17-15-9-5-4-7-13(15)11-14-8-6-10-16(18(14)17)19(12,2)3;1-2/h4-11H,1H2,2-3H3;1-2H3. The van der Waals surface area contributed by atoms with Crippen molar-refractivity contribution < 1.29 is 0 Å². The minimum atomic E-state index is 0.0337. The van der Waals surface area contributed by atoms with Crippen LogP contribution in [0.2, 0.25) is 0 Å². The Bertz CT molecular complexity index is 850. The summed E-state index contributed by atoms with van der Waals surface area (Å²) in [6, 6.07) is 17.6. The van der Waals surface area contributed by atoms with Crippen molar-refractivity contribution >= 4 is 27.1 Å². The lowest BCUT2D eigenvalue weighted by Crippen LogP contribution is -2.13. The van der Waals surface area contributed by atoms with Crippen molar-refractivity contribution in [1.29, 1.82) is 0 Å². The van der Waals surface area contributed by atoms with E-state index in [2.05, 4.69) is 69.0 Å². The van der Waals surface area contributed by atoms with Crippen LogP contribution in [0.3, 0.4) is 0 Å². The van der Waals surface area contributed by atoms with Crippen molar-refractivity contribution in [2.75, 3.05) is 0 Å². The SMILES string of the molecule is C=C1c2c3ccccc3cc3cccc(c23)C1(C)C.CC. The second-order valence-electron chi connectivity index (χ2n) is 5.98. The first-order valence-corrected chi connectivity index (χ1v) is 7.75. The van der Waals surface area contributed by atoms with E-state index in [1.165, 1.54) is 38.2 Å². The van der Waals surface area contributed by atoms with Gasteiger partial charge in [0.2, 0.25) is 0 Å². The van der Waals surface area contributed by atoms with Crippen LogP contribution in [0.1, 0.15) is 38.8 Å². The monoisotopic (exact) mass is 274 g/mol. The van der Waals surface area contributed by atoms with Gasteiger partial charge in [-0.15, -0.1) is 0 Å². The molecule has 0 heteroatoms. The Balaban J connectivity index is 0.000000636. The fourth-order valence-electron chi connectivity index (χ4n) is 3.43. The fourth-order valence-corrected chi connectivity index (χ4v) is 3.43. The molecule has 0 atom stereocenters. The van der Waals surface area contributed by atoms with Gasteiger partial charge in [0, 0.05) is 5.41 Å². The molecule has 0 saturated heterocycles. The average molecular weight is 274 g/mol. The Morgan fingerprint density at radius 1 is 0.857 bits per heavy atom. The predicted octanol–water partition coefficient (Wildman–Crippen LogP) is 6.32. The smallest absolute Gasteiger partial charge is 0.0153 e. The Hall–Kier alpha value is -2.08. The highest BCUT2D eigenvalue weighted by Gasteiger charge is 2.35. The van der Waals surface area contributed by atoms with Crippen molar-refractivity contribution in [2.45, 2.75) is 33.1 Å². The van der Waals surface area contributed by atoms with Crippen molar-refractivity contribution in [1.82, 2.24) is 0 Å². The van der Waals surface area contributed by atoms with E-state index >= 15 is 0 Å². The van der Waals surface area contributed by atoms with Gasteiger partial charge in [0.1, 0.15) is 0 Å². The number of allylic oxidation sites excluding steroid dienone is 1. The Labute approximate surface area is 127 Å². The molecule has 0 nitrogen and oxygen atoms in total. The van der Waals surface area contributed by atoms with E-state index in [-0.39, 0.29) is 5.41 Å². The topological polar surface area (TPSA) is 0 Å². The van der Waals surface area contributed by atoms with Gasteiger partial charge in [0.25, 0.3) is 0 Å². The number of fused-ring (bicyclic) bond motifs is 2. The van der Waals surface area contributed by atoms with E-state index in [0.717, 1.165) is 0 Å². The number of benzene rings is 3. The van der Waals surface area contributed by atoms with E-state index in [1.807, 2.05) is 13.8 Å². The second-order valence-corrected chi connectivity index (χ2v) is 5.98. The van der Waals surface area contributed by atoms with E-state index in [9.17, 15) is 0 Å². The molecule has 106 valence electrons. The molecule has 0 fully saturated rings. The molecule has 0 heterocycles. The molecule has 0 radical (unpaired) electrons. The van der Waals surface area contributed by atoms with Crippen LogP contribution in [0.4, 0.5) is 0 Å². The summed E-state index contributed by atoms with van der Waals surface area (Å²) in [5.41, 5.74) is 4.05. The summed E-state index contributed by atoms with van der Waals surface area (Å²) in [4.78, 5) is 0. The first kappa shape index (κ1) is 13.9.